The van der Waals surface area contributed by atoms with E-state index in [4.69, 9.17) is 14.2 Å². The van der Waals surface area contributed by atoms with Crippen molar-refractivity contribution < 1.29 is 37.4 Å². The number of aldehydes is 1. The van der Waals surface area contributed by atoms with Crippen LogP contribution < -0.4 is 9.47 Å². The molecule has 0 N–H and O–H groups in total. The molecule has 7 rings (SSSR count). The molecule has 2 bridgehead atoms. The summed E-state index contributed by atoms with van der Waals surface area (Å²) < 4.78 is 50.0. The van der Waals surface area contributed by atoms with Crippen molar-refractivity contribution in [2.75, 3.05) is 13.7 Å². The fourth-order valence-electron chi connectivity index (χ4n) is 9.12. The van der Waals surface area contributed by atoms with Gasteiger partial charge >= 0.3 is 5.97 Å². The molecule has 2 unspecified atom stereocenters. The highest BCUT2D eigenvalue weighted by Gasteiger charge is 2.55. The van der Waals surface area contributed by atoms with Crippen molar-refractivity contribution in [2.45, 2.75) is 109 Å². The largest absolute Gasteiger partial charge is 0.497 e. The van der Waals surface area contributed by atoms with Gasteiger partial charge in [-0.1, -0.05) is 33.1 Å². The maximum atomic E-state index is 16.1. The summed E-state index contributed by atoms with van der Waals surface area (Å²) in [6, 6.07) is 4.02. The number of aromatic nitrogens is 2. The van der Waals surface area contributed by atoms with Crippen LogP contribution in [0.2, 0.25) is 0 Å². The Bertz CT molecular complexity index is 1550. The quantitative estimate of drug-likeness (QED) is 0.283. The molecule has 0 spiro atoms. The molecule has 1 amide bonds. The second kappa shape index (κ2) is 12.3. The number of alkyl halides is 2. The normalized spacial score (nSPS) is 35.1. The monoisotopic (exact) mass is 653 g/mol. The van der Waals surface area contributed by atoms with E-state index in [9.17, 15) is 14.4 Å². The van der Waals surface area contributed by atoms with Gasteiger partial charge in [-0.05, 0) is 73.8 Å². The molecule has 3 heterocycles. The summed E-state index contributed by atoms with van der Waals surface area (Å²) in [5.41, 5.74) is -0.324. The Morgan fingerprint density at radius 3 is 2.49 bits per heavy atom. The molecule has 254 valence electrons. The number of carbonyl (C=O) groups excluding carboxylic acids is 3. The predicted octanol–water partition coefficient (Wildman–Crippen LogP) is 6.25. The van der Waals surface area contributed by atoms with Gasteiger partial charge in [-0.15, -0.1) is 0 Å². The van der Waals surface area contributed by atoms with Crippen molar-refractivity contribution in [1.82, 2.24) is 14.9 Å². The van der Waals surface area contributed by atoms with Gasteiger partial charge in [0.25, 0.3) is 5.92 Å². The lowest BCUT2D eigenvalue weighted by Crippen LogP contribution is -2.47. The van der Waals surface area contributed by atoms with Crippen molar-refractivity contribution in [1.29, 1.82) is 0 Å². The van der Waals surface area contributed by atoms with Gasteiger partial charge in [0, 0.05) is 18.4 Å². The van der Waals surface area contributed by atoms with Gasteiger partial charge < -0.3 is 23.9 Å². The van der Waals surface area contributed by atoms with Crippen LogP contribution in [-0.2, 0) is 25.0 Å². The van der Waals surface area contributed by atoms with Crippen LogP contribution in [0.25, 0.3) is 11.0 Å². The van der Waals surface area contributed by atoms with Crippen LogP contribution in [0.5, 0.6) is 11.6 Å². The van der Waals surface area contributed by atoms with Crippen molar-refractivity contribution in [3.8, 4) is 11.6 Å². The minimum Gasteiger partial charge on any atom is -0.497 e. The minimum atomic E-state index is -3.34. The summed E-state index contributed by atoms with van der Waals surface area (Å²) in [7, 11) is 1.51. The minimum absolute atomic E-state index is 0.00192. The van der Waals surface area contributed by atoms with Gasteiger partial charge in [-0.25, -0.2) is 9.97 Å². The number of carbonyl (C=O) groups is 3. The molecule has 4 fully saturated rings. The number of esters is 1. The zero-order valence-corrected chi connectivity index (χ0v) is 27.5. The first kappa shape index (κ1) is 32.2. The van der Waals surface area contributed by atoms with E-state index in [1.807, 2.05) is 0 Å². The molecule has 0 radical (unpaired) electrons. The molecule has 8 atom stereocenters. The fourth-order valence-corrected chi connectivity index (χ4v) is 9.12. The van der Waals surface area contributed by atoms with Crippen LogP contribution in [-0.4, -0.2) is 64.9 Å². The molecular weight excluding hydrogens is 608 g/mol. The Hall–Kier alpha value is -3.37. The van der Waals surface area contributed by atoms with E-state index in [2.05, 4.69) is 16.9 Å². The van der Waals surface area contributed by atoms with E-state index in [0.717, 1.165) is 44.8 Å². The number of amides is 1. The van der Waals surface area contributed by atoms with Crippen molar-refractivity contribution in [3.63, 3.8) is 0 Å². The summed E-state index contributed by atoms with van der Waals surface area (Å²) in [6.07, 6.45) is 6.16. The van der Waals surface area contributed by atoms with Crippen molar-refractivity contribution in [2.24, 2.45) is 35.0 Å². The molecule has 9 nitrogen and oxygen atoms in total. The zero-order valence-electron chi connectivity index (χ0n) is 27.5. The second-order valence-electron chi connectivity index (χ2n) is 15.0. The molecule has 5 aliphatic rings. The van der Waals surface area contributed by atoms with Crippen LogP contribution in [0.4, 0.5) is 8.78 Å². The molecule has 2 aromatic rings. The average molecular weight is 654 g/mol. The number of nitrogens with zero attached hydrogens (tertiary/aromatic N) is 3. The molecular formula is C36H45F2N3O6. The van der Waals surface area contributed by atoms with Crippen LogP contribution in [0.1, 0.15) is 90.2 Å². The SMILES string of the molecule is COc1ccc2nc3c(nc2c1)O[C@H]1CN(C(=O)[C@H](C2(C)CCCC2)CC(=O)O[C@@H]2CC4CC4[C@H]2CCCCC3(F)F)[C@H](C=O)[C@@H]1C. The Morgan fingerprint density at radius 1 is 0.979 bits per heavy atom. The molecule has 2 aliphatic heterocycles. The van der Waals surface area contributed by atoms with Gasteiger partial charge in [0.05, 0.1) is 43.1 Å². The topological polar surface area (TPSA) is 108 Å². The molecule has 1 aromatic carbocycles. The van der Waals surface area contributed by atoms with E-state index in [-0.39, 0.29) is 49.2 Å². The maximum absolute atomic E-state index is 16.1. The molecule has 47 heavy (non-hydrogen) atoms. The average Bonchev–Trinajstić information content (AvgIpc) is 3.34. The second-order valence-corrected chi connectivity index (χ2v) is 15.0. The van der Waals surface area contributed by atoms with Gasteiger partial charge in [-0.3, -0.25) is 9.59 Å². The Kier molecular flexibility index (Phi) is 8.40. The summed E-state index contributed by atoms with van der Waals surface area (Å²) in [4.78, 5) is 51.0. The first-order chi connectivity index (χ1) is 22.5. The third-order valence-corrected chi connectivity index (χ3v) is 12.1. The lowest BCUT2D eigenvalue weighted by atomic mass is 9.73. The number of benzene rings is 1. The third kappa shape index (κ3) is 5.96. The number of hydrogen-bond donors (Lipinski definition) is 0. The van der Waals surface area contributed by atoms with Gasteiger partial charge in [0.15, 0.2) is 5.69 Å². The maximum Gasteiger partial charge on any atom is 0.306 e. The lowest BCUT2D eigenvalue weighted by Gasteiger charge is -2.36. The highest BCUT2D eigenvalue weighted by molar-refractivity contribution is 5.87. The van der Waals surface area contributed by atoms with E-state index < -0.39 is 47.4 Å². The molecule has 3 saturated carbocycles. The van der Waals surface area contributed by atoms with E-state index in [0.29, 0.717) is 41.5 Å². The van der Waals surface area contributed by atoms with E-state index >= 15 is 8.78 Å². The van der Waals surface area contributed by atoms with E-state index in [1.54, 1.807) is 25.1 Å². The number of rotatable bonds is 3. The Labute approximate surface area is 274 Å². The van der Waals surface area contributed by atoms with Crippen LogP contribution >= 0.6 is 0 Å². The lowest BCUT2D eigenvalue weighted by molar-refractivity contribution is -0.158. The third-order valence-electron chi connectivity index (χ3n) is 12.1. The summed E-state index contributed by atoms with van der Waals surface area (Å²) >= 11 is 0. The summed E-state index contributed by atoms with van der Waals surface area (Å²) in [6.45, 7) is 3.84. The Morgan fingerprint density at radius 2 is 1.74 bits per heavy atom. The summed E-state index contributed by atoms with van der Waals surface area (Å²) in [5, 5.41) is 0. The first-order valence-electron chi connectivity index (χ1n) is 17.4. The number of halogens is 2. The fraction of sp³-hybridized carbons (Fsp3) is 0.694. The Balaban J connectivity index is 1.27. The zero-order chi connectivity index (χ0) is 33.1. The molecule has 1 saturated heterocycles. The number of hydrogen-bond acceptors (Lipinski definition) is 8. The molecule has 11 heteroatoms. The standard InChI is InChI=1S/C36H45F2N3O6/c1-20-28(19-42)41-18-30(20)47-33-32(39-26-10-9-22(45-3)16-27(26)40-33)36(37,38)13-5-4-8-23-24-14-21(24)15-29(23)46-31(43)17-25(34(41)44)35(2)11-6-7-12-35/h9-10,16,19-21,23-25,28-30H,4-8,11-15,17-18H2,1-3H3/t20-,21?,23+,24?,25+,28+,29+,30-/m0/s1. The highest BCUT2D eigenvalue weighted by atomic mass is 19.3. The highest BCUT2D eigenvalue weighted by Crippen LogP contribution is 2.58. The van der Waals surface area contributed by atoms with Gasteiger partial charge in [0.2, 0.25) is 11.8 Å². The van der Waals surface area contributed by atoms with Gasteiger partial charge in [-0.2, -0.15) is 8.78 Å². The first-order valence-corrected chi connectivity index (χ1v) is 17.4. The van der Waals surface area contributed by atoms with Crippen LogP contribution in [0, 0.1) is 35.0 Å². The van der Waals surface area contributed by atoms with E-state index in [1.165, 1.54) is 12.0 Å². The smallest absolute Gasteiger partial charge is 0.306 e. The summed E-state index contributed by atoms with van der Waals surface area (Å²) in [5.74, 6) is -3.86. The number of ether oxygens (including phenoxy) is 3. The number of methoxy groups -OCH3 is 1. The molecule has 1 aromatic heterocycles. The molecule has 3 aliphatic carbocycles. The van der Waals surface area contributed by atoms with Gasteiger partial charge in [0.1, 0.15) is 24.2 Å². The van der Waals surface area contributed by atoms with Crippen LogP contribution in [0.3, 0.4) is 0 Å². The van der Waals surface area contributed by atoms with Crippen molar-refractivity contribution >= 4 is 29.2 Å². The van der Waals surface area contributed by atoms with Crippen molar-refractivity contribution in [3.05, 3.63) is 23.9 Å². The van der Waals surface area contributed by atoms with Crippen LogP contribution in [0.15, 0.2) is 18.2 Å². The number of fused-ring (bicyclic) bond motifs is 7. The predicted molar refractivity (Wildman–Crippen MR) is 168 cm³/mol.